The predicted octanol–water partition coefficient (Wildman–Crippen LogP) is 4.24. The molecule has 1 atom stereocenters. The summed E-state index contributed by atoms with van der Waals surface area (Å²) in [6, 6.07) is 2.76. The fraction of sp³-hybridized carbons (Fsp3) is 0.714. The Kier molecular flexibility index (Phi) is 6.87. The first kappa shape index (κ1) is 19.6. The Bertz CT molecular complexity index is 588. The van der Waals surface area contributed by atoms with Crippen molar-refractivity contribution in [3.8, 4) is 0 Å². The van der Waals surface area contributed by atoms with E-state index in [0.717, 1.165) is 82.7 Å². The number of nitrogens with zero attached hydrogens (tertiary/aromatic N) is 2. The fourth-order valence-electron chi connectivity index (χ4n) is 4.26. The topological polar surface area (TPSA) is 15.7 Å². The second kappa shape index (κ2) is 9.14. The summed E-state index contributed by atoms with van der Waals surface area (Å²) in [6.07, 6.45) is 5.58. The number of piperidine rings is 1. The standard InChI is InChI=1S/C21H32F2N2O/c1-3-11-26-18-6-9-24(10-7-18)14-16(2)15-25-8-4-5-17-12-19(22)20(23)13-21(17)25/h12-13,16,18H,3-11,14-15H2,1-2H3/t16-/m0/s1. The van der Waals surface area contributed by atoms with Crippen molar-refractivity contribution in [2.24, 2.45) is 5.92 Å². The molecule has 0 aromatic heterocycles. The van der Waals surface area contributed by atoms with Crippen LogP contribution in [0.5, 0.6) is 0 Å². The molecule has 0 amide bonds. The number of likely N-dealkylation sites (tertiary alicyclic amines) is 1. The third-order valence-electron chi connectivity index (χ3n) is 5.53. The van der Waals surface area contributed by atoms with Gasteiger partial charge in [-0.15, -0.1) is 0 Å². The van der Waals surface area contributed by atoms with Gasteiger partial charge in [-0.1, -0.05) is 13.8 Å². The number of fused-ring (bicyclic) bond motifs is 1. The van der Waals surface area contributed by atoms with E-state index < -0.39 is 11.6 Å². The van der Waals surface area contributed by atoms with Crippen LogP contribution in [0.2, 0.25) is 0 Å². The highest BCUT2D eigenvalue weighted by atomic mass is 19.2. The molecule has 0 aliphatic carbocycles. The van der Waals surface area contributed by atoms with Crippen LogP contribution in [0, 0.1) is 17.6 Å². The Balaban J connectivity index is 1.51. The van der Waals surface area contributed by atoms with Crippen molar-refractivity contribution in [3.63, 3.8) is 0 Å². The number of aryl methyl sites for hydroxylation is 1. The van der Waals surface area contributed by atoms with E-state index >= 15 is 0 Å². The molecule has 0 unspecified atom stereocenters. The van der Waals surface area contributed by atoms with Crippen molar-refractivity contribution in [1.29, 1.82) is 0 Å². The molecule has 2 aliphatic rings. The molecule has 0 spiro atoms. The van der Waals surface area contributed by atoms with Gasteiger partial charge in [0.1, 0.15) is 0 Å². The maximum Gasteiger partial charge on any atom is 0.160 e. The van der Waals surface area contributed by atoms with Gasteiger partial charge in [-0.3, -0.25) is 0 Å². The molecule has 1 aromatic rings. The minimum Gasteiger partial charge on any atom is -0.378 e. The number of anilines is 1. The summed E-state index contributed by atoms with van der Waals surface area (Å²) in [4.78, 5) is 4.76. The molecule has 1 fully saturated rings. The molecule has 0 saturated carbocycles. The molecule has 0 radical (unpaired) electrons. The smallest absolute Gasteiger partial charge is 0.160 e. The van der Waals surface area contributed by atoms with Crippen LogP contribution in [0.4, 0.5) is 14.5 Å². The summed E-state index contributed by atoms with van der Waals surface area (Å²) >= 11 is 0. The Morgan fingerprint density at radius 2 is 1.85 bits per heavy atom. The monoisotopic (exact) mass is 366 g/mol. The second-order valence-electron chi connectivity index (χ2n) is 7.92. The summed E-state index contributed by atoms with van der Waals surface area (Å²) < 4.78 is 33.1. The Morgan fingerprint density at radius 3 is 2.58 bits per heavy atom. The van der Waals surface area contributed by atoms with E-state index in [-0.39, 0.29) is 0 Å². The van der Waals surface area contributed by atoms with Crippen LogP contribution in [0.25, 0.3) is 0 Å². The minimum atomic E-state index is -0.738. The number of rotatable bonds is 7. The molecule has 0 N–H and O–H groups in total. The molecule has 2 heterocycles. The van der Waals surface area contributed by atoms with Crippen LogP contribution in [0.15, 0.2) is 12.1 Å². The number of hydrogen-bond donors (Lipinski definition) is 0. The summed E-state index contributed by atoms with van der Waals surface area (Å²) in [6.45, 7) is 10.3. The maximum absolute atomic E-state index is 13.7. The number of hydrogen-bond acceptors (Lipinski definition) is 3. The number of halogens is 2. The lowest BCUT2D eigenvalue weighted by Crippen LogP contribution is -2.42. The zero-order chi connectivity index (χ0) is 18.5. The lowest BCUT2D eigenvalue weighted by molar-refractivity contribution is 0.00559. The van der Waals surface area contributed by atoms with Crippen LogP contribution in [0.1, 0.15) is 45.1 Å². The first-order valence-corrected chi connectivity index (χ1v) is 10.1. The van der Waals surface area contributed by atoms with E-state index in [1.807, 2.05) is 0 Å². The normalized spacial score (nSPS) is 20.2. The average molecular weight is 366 g/mol. The molecule has 0 bridgehead atoms. The van der Waals surface area contributed by atoms with Gasteiger partial charge in [0.2, 0.25) is 0 Å². The third-order valence-corrected chi connectivity index (χ3v) is 5.53. The van der Waals surface area contributed by atoms with E-state index in [1.165, 1.54) is 12.1 Å². The first-order valence-electron chi connectivity index (χ1n) is 10.1. The van der Waals surface area contributed by atoms with Gasteiger partial charge < -0.3 is 14.5 Å². The van der Waals surface area contributed by atoms with E-state index in [0.29, 0.717) is 12.0 Å². The molecular weight excluding hydrogens is 334 g/mol. The van der Waals surface area contributed by atoms with Crippen molar-refractivity contribution in [2.75, 3.05) is 44.2 Å². The van der Waals surface area contributed by atoms with Gasteiger partial charge >= 0.3 is 0 Å². The largest absolute Gasteiger partial charge is 0.378 e. The predicted molar refractivity (Wildman–Crippen MR) is 102 cm³/mol. The van der Waals surface area contributed by atoms with Crippen LogP contribution in [0.3, 0.4) is 0 Å². The van der Waals surface area contributed by atoms with Gasteiger partial charge in [0.05, 0.1) is 6.10 Å². The average Bonchev–Trinajstić information content (AvgIpc) is 2.63. The summed E-state index contributed by atoms with van der Waals surface area (Å²) in [5, 5.41) is 0. The van der Waals surface area contributed by atoms with E-state index in [1.54, 1.807) is 0 Å². The van der Waals surface area contributed by atoms with Crippen LogP contribution < -0.4 is 4.90 Å². The Hall–Kier alpha value is -1.20. The van der Waals surface area contributed by atoms with Crippen molar-refractivity contribution in [1.82, 2.24) is 4.90 Å². The van der Waals surface area contributed by atoms with Gasteiger partial charge in [0.15, 0.2) is 11.6 Å². The quantitative estimate of drug-likeness (QED) is 0.718. The van der Waals surface area contributed by atoms with Gasteiger partial charge in [-0.05, 0) is 49.7 Å². The zero-order valence-corrected chi connectivity index (χ0v) is 16.1. The van der Waals surface area contributed by atoms with E-state index in [2.05, 4.69) is 23.6 Å². The molecule has 26 heavy (non-hydrogen) atoms. The van der Waals surface area contributed by atoms with Crippen LogP contribution >= 0.6 is 0 Å². The highest BCUT2D eigenvalue weighted by molar-refractivity contribution is 5.56. The fourth-order valence-corrected chi connectivity index (χ4v) is 4.26. The lowest BCUT2D eigenvalue weighted by Gasteiger charge is -2.37. The summed E-state index contributed by atoms with van der Waals surface area (Å²) in [5.41, 5.74) is 1.82. The van der Waals surface area contributed by atoms with E-state index in [9.17, 15) is 8.78 Å². The number of ether oxygens (including phenoxy) is 1. The van der Waals surface area contributed by atoms with E-state index in [4.69, 9.17) is 4.74 Å². The summed E-state index contributed by atoms with van der Waals surface area (Å²) in [5.74, 6) is -0.980. The highest BCUT2D eigenvalue weighted by Gasteiger charge is 2.24. The Labute approximate surface area is 156 Å². The van der Waals surface area contributed by atoms with Gasteiger partial charge in [0.25, 0.3) is 0 Å². The number of benzene rings is 1. The van der Waals surface area contributed by atoms with Crippen molar-refractivity contribution < 1.29 is 13.5 Å². The summed E-state index contributed by atoms with van der Waals surface area (Å²) in [7, 11) is 0. The van der Waals surface area contributed by atoms with Gasteiger partial charge in [-0.25, -0.2) is 8.78 Å². The molecular formula is C21H32F2N2O. The molecule has 3 rings (SSSR count). The molecule has 2 aliphatic heterocycles. The zero-order valence-electron chi connectivity index (χ0n) is 16.1. The van der Waals surface area contributed by atoms with Crippen LogP contribution in [-0.4, -0.2) is 50.3 Å². The van der Waals surface area contributed by atoms with Crippen molar-refractivity contribution >= 4 is 5.69 Å². The maximum atomic E-state index is 13.7. The molecule has 146 valence electrons. The molecule has 3 nitrogen and oxygen atoms in total. The third kappa shape index (κ3) is 4.95. The van der Waals surface area contributed by atoms with Crippen molar-refractivity contribution in [2.45, 2.75) is 52.1 Å². The molecule has 1 aromatic carbocycles. The van der Waals surface area contributed by atoms with Crippen LogP contribution in [-0.2, 0) is 11.2 Å². The highest BCUT2D eigenvalue weighted by Crippen LogP contribution is 2.30. The Morgan fingerprint density at radius 1 is 1.12 bits per heavy atom. The van der Waals surface area contributed by atoms with Gasteiger partial charge in [-0.2, -0.15) is 0 Å². The molecule has 1 saturated heterocycles. The minimum absolute atomic E-state index is 0.424. The first-order chi connectivity index (χ1) is 12.6. The van der Waals surface area contributed by atoms with Gasteiger partial charge in [0, 0.05) is 51.1 Å². The lowest BCUT2D eigenvalue weighted by atomic mass is 9.99. The molecule has 5 heteroatoms. The van der Waals surface area contributed by atoms with Crippen molar-refractivity contribution in [3.05, 3.63) is 29.3 Å². The second-order valence-corrected chi connectivity index (χ2v) is 7.92. The SMILES string of the molecule is CCCOC1CCN(C[C@H](C)CN2CCCc3cc(F)c(F)cc32)CC1.